The Morgan fingerprint density at radius 3 is 2.50 bits per heavy atom. The fraction of sp³-hybridized carbons (Fsp3) is 0.364. The zero-order valence-electron chi connectivity index (χ0n) is 9.83. The lowest BCUT2D eigenvalue weighted by molar-refractivity contribution is 0.0693. The summed E-state index contributed by atoms with van der Waals surface area (Å²) in [6, 6.07) is 5.91. The molecule has 0 aliphatic carbocycles. The van der Waals surface area contributed by atoms with E-state index in [1.54, 1.807) is 6.07 Å². The molecule has 0 fully saturated rings. The third kappa shape index (κ3) is 3.92. The lowest BCUT2D eigenvalue weighted by Gasteiger charge is -2.05. The van der Waals surface area contributed by atoms with Gasteiger partial charge < -0.3 is 5.11 Å². The van der Waals surface area contributed by atoms with Crippen molar-refractivity contribution in [3.63, 3.8) is 0 Å². The van der Waals surface area contributed by atoms with Gasteiger partial charge in [-0.05, 0) is 12.1 Å². The van der Waals surface area contributed by atoms with Gasteiger partial charge in [0.05, 0.1) is 27.0 Å². The summed E-state index contributed by atoms with van der Waals surface area (Å²) in [6.45, 7) is 1.52. The van der Waals surface area contributed by atoms with Gasteiger partial charge in [0.15, 0.2) is 9.84 Å². The molecule has 0 saturated heterocycles. The van der Waals surface area contributed by atoms with Crippen LogP contribution in [-0.2, 0) is 20.6 Å². The van der Waals surface area contributed by atoms with E-state index in [0.29, 0.717) is 0 Å². The molecule has 0 heterocycles. The second-order valence-corrected chi connectivity index (χ2v) is 7.60. The Bertz CT molecular complexity index is 563. The van der Waals surface area contributed by atoms with Gasteiger partial charge in [0.1, 0.15) is 0 Å². The van der Waals surface area contributed by atoms with E-state index in [1.807, 2.05) is 0 Å². The third-order valence-electron chi connectivity index (χ3n) is 2.38. The monoisotopic (exact) mass is 290 g/mol. The molecule has 100 valence electrons. The van der Waals surface area contributed by atoms with Crippen LogP contribution in [-0.4, -0.2) is 41.0 Å². The van der Waals surface area contributed by atoms with Crippen LogP contribution in [0.4, 0.5) is 0 Å². The van der Waals surface area contributed by atoms with Crippen LogP contribution in [0.25, 0.3) is 0 Å². The molecule has 0 saturated carbocycles. The van der Waals surface area contributed by atoms with Crippen LogP contribution in [0.1, 0.15) is 17.3 Å². The maximum Gasteiger partial charge on any atom is 0.336 e. The van der Waals surface area contributed by atoms with Crippen LogP contribution < -0.4 is 0 Å². The first kappa shape index (κ1) is 14.8. The molecule has 0 spiro atoms. The van der Waals surface area contributed by atoms with E-state index in [1.165, 1.54) is 25.1 Å². The molecule has 0 aliphatic rings. The van der Waals surface area contributed by atoms with E-state index in [9.17, 15) is 17.4 Å². The molecule has 0 aromatic heterocycles. The zero-order valence-corrected chi connectivity index (χ0v) is 11.5. The fourth-order valence-electron chi connectivity index (χ4n) is 1.30. The number of aromatic carboxylic acids is 1. The highest BCUT2D eigenvalue weighted by Gasteiger charge is 2.17. The summed E-state index contributed by atoms with van der Waals surface area (Å²) in [5, 5.41) is 8.94. The van der Waals surface area contributed by atoms with Crippen molar-refractivity contribution < 1.29 is 22.5 Å². The number of sulfone groups is 1. The van der Waals surface area contributed by atoms with Crippen molar-refractivity contribution in [2.24, 2.45) is 0 Å². The minimum Gasteiger partial charge on any atom is -0.478 e. The summed E-state index contributed by atoms with van der Waals surface area (Å²) in [6.07, 6.45) is 0. The normalized spacial score (nSPS) is 13.2. The topological polar surface area (TPSA) is 88.5 Å². The van der Waals surface area contributed by atoms with Crippen molar-refractivity contribution >= 4 is 26.6 Å². The largest absolute Gasteiger partial charge is 0.478 e. The van der Waals surface area contributed by atoms with Gasteiger partial charge in [0, 0.05) is 11.5 Å². The predicted molar refractivity (Wildman–Crippen MR) is 69.0 cm³/mol. The predicted octanol–water partition coefficient (Wildman–Crippen LogP) is 0.927. The first-order valence-electron chi connectivity index (χ1n) is 5.28. The third-order valence-corrected chi connectivity index (χ3v) is 5.77. The summed E-state index contributed by atoms with van der Waals surface area (Å²) >= 11 is 0. The molecule has 18 heavy (non-hydrogen) atoms. The Morgan fingerprint density at radius 2 is 1.94 bits per heavy atom. The van der Waals surface area contributed by atoms with Gasteiger partial charge in [-0.1, -0.05) is 19.1 Å². The Kier molecular flexibility index (Phi) is 5.03. The summed E-state index contributed by atoms with van der Waals surface area (Å²) in [5.74, 6) is -1.47. The zero-order chi connectivity index (χ0) is 13.8. The Morgan fingerprint density at radius 1 is 1.33 bits per heavy atom. The highest BCUT2D eigenvalue weighted by atomic mass is 32.2. The second-order valence-electron chi connectivity index (χ2n) is 3.59. The summed E-state index contributed by atoms with van der Waals surface area (Å²) in [5.41, 5.74) is -0.0512. The van der Waals surface area contributed by atoms with Crippen molar-refractivity contribution in [2.75, 3.05) is 17.3 Å². The average Bonchev–Trinajstić information content (AvgIpc) is 2.36. The minimum absolute atomic E-state index is 0.00915. The molecule has 5 nitrogen and oxygen atoms in total. The van der Waals surface area contributed by atoms with Crippen molar-refractivity contribution in [3.8, 4) is 0 Å². The Labute approximate surface area is 108 Å². The Hall–Kier alpha value is -1.21. The van der Waals surface area contributed by atoms with Crippen molar-refractivity contribution in [1.29, 1.82) is 0 Å². The van der Waals surface area contributed by atoms with E-state index in [0.717, 1.165) is 0 Å². The summed E-state index contributed by atoms with van der Waals surface area (Å²) in [4.78, 5) is 11.1. The first-order valence-corrected chi connectivity index (χ1v) is 8.42. The van der Waals surface area contributed by atoms with Gasteiger partial charge in [-0.25, -0.2) is 13.2 Å². The maximum absolute atomic E-state index is 11.9. The van der Waals surface area contributed by atoms with Crippen LogP contribution in [0.3, 0.4) is 0 Å². The molecule has 0 bridgehead atoms. The van der Waals surface area contributed by atoms with Gasteiger partial charge in [-0.15, -0.1) is 0 Å². The summed E-state index contributed by atoms with van der Waals surface area (Å²) < 4.78 is 34.5. The molecule has 1 N–H and O–H groups in total. The Balaban J connectivity index is 2.89. The number of hydrogen-bond donors (Lipinski definition) is 1. The molecular formula is C11H14O5S2. The van der Waals surface area contributed by atoms with Gasteiger partial charge in [-0.2, -0.15) is 0 Å². The lowest BCUT2D eigenvalue weighted by atomic mass is 10.2. The van der Waals surface area contributed by atoms with E-state index in [-0.39, 0.29) is 27.7 Å². The van der Waals surface area contributed by atoms with Crippen LogP contribution in [0, 0.1) is 0 Å². The lowest BCUT2D eigenvalue weighted by Crippen LogP contribution is -2.16. The molecular weight excluding hydrogens is 276 g/mol. The van der Waals surface area contributed by atoms with E-state index < -0.39 is 26.6 Å². The highest BCUT2D eigenvalue weighted by Crippen LogP contribution is 2.14. The van der Waals surface area contributed by atoms with E-state index in [4.69, 9.17) is 5.11 Å². The minimum atomic E-state index is -3.20. The molecule has 0 amide bonds. The van der Waals surface area contributed by atoms with Crippen LogP contribution in [0.5, 0.6) is 0 Å². The molecule has 1 aromatic rings. The van der Waals surface area contributed by atoms with Crippen LogP contribution in [0.2, 0.25) is 0 Å². The number of hydrogen-bond acceptors (Lipinski definition) is 4. The summed E-state index contributed by atoms with van der Waals surface area (Å²) in [7, 11) is -4.82. The van der Waals surface area contributed by atoms with E-state index in [2.05, 4.69) is 0 Å². The molecule has 7 heteroatoms. The standard InChI is InChI=1S/C11H14O5S2/c1-2-18(15,16)8-7-17(14)10-6-4-3-5-9(10)11(12)13/h3-6H,2,7-8H2,1H3,(H,12,13). The second kappa shape index (κ2) is 6.10. The number of benzene rings is 1. The van der Waals surface area contributed by atoms with Gasteiger partial charge in [-0.3, -0.25) is 4.21 Å². The molecule has 1 aromatic carbocycles. The van der Waals surface area contributed by atoms with Gasteiger partial charge in [0.2, 0.25) is 0 Å². The molecule has 1 rings (SSSR count). The highest BCUT2D eigenvalue weighted by molar-refractivity contribution is 7.93. The average molecular weight is 290 g/mol. The molecule has 0 aliphatic heterocycles. The van der Waals surface area contributed by atoms with Crippen LogP contribution >= 0.6 is 0 Å². The molecule has 0 radical (unpaired) electrons. The number of rotatable bonds is 6. The van der Waals surface area contributed by atoms with E-state index >= 15 is 0 Å². The fourth-order valence-corrected chi connectivity index (χ4v) is 4.06. The number of carboxylic acids is 1. The van der Waals surface area contributed by atoms with Gasteiger partial charge >= 0.3 is 5.97 Å². The number of carboxylic acid groups (broad SMARTS) is 1. The smallest absolute Gasteiger partial charge is 0.336 e. The maximum atomic E-state index is 11.9. The van der Waals surface area contributed by atoms with Crippen LogP contribution in [0.15, 0.2) is 29.2 Å². The SMILES string of the molecule is CCS(=O)(=O)CCS(=O)c1ccccc1C(=O)O. The quantitative estimate of drug-likeness (QED) is 0.842. The first-order chi connectivity index (χ1) is 8.37. The van der Waals surface area contributed by atoms with Crippen molar-refractivity contribution in [1.82, 2.24) is 0 Å². The molecule has 1 unspecified atom stereocenters. The molecule has 1 atom stereocenters. The van der Waals surface area contributed by atoms with Gasteiger partial charge in [0.25, 0.3) is 0 Å². The van der Waals surface area contributed by atoms with Crippen molar-refractivity contribution in [2.45, 2.75) is 11.8 Å². The number of carbonyl (C=O) groups is 1. The van der Waals surface area contributed by atoms with Crippen molar-refractivity contribution in [3.05, 3.63) is 29.8 Å².